The number of unbranched alkanes of at least 4 members (excludes halogenated alkanes) is 30. The summed E-state index contributed by atoms with van der Waals surface area (Å²) in [4.78, 5) is 0. The Morgan fingerprint density at radius 1 is 0.333 bits per heavy atom. The number of benzene rings is 4. The summed E-state index contributed by atoms with van der Waals surface area (Å²) in [5.41, 5.74) is 5.01. The van der Waals surface area contributed by atoms with Gasteiger partial charge in [0.15, 0.2) is 0 Å². The third-order valence-corrected chi connectivity index (χ3v) is 15.1. The molecule has 0 spiro atoms. The molecule has 0 unspecified atom stereocenters. The summed E-state index contributed by atoms with van der Waals surface area (Å²) >= 11 is 1.95. The fourth-order valence-corrected chi connectivity index (χ4v) is 11.2. The lowest BCUT2D eigenvalue weighted by Crippen LogP contribution is -1.87. The number of aryl methyl sites for hydroxylation is 2. The van der Waals surface area contributed by atoms with Crippen molar-refractivity contribution in [3.8, 4) is 0 Å². The second-order valence-corrected chi connectivity index (χ2v) is 20.0. The first-order valence-electron chi connectivity index (χ1n) is 26.0. The molecule has 0 atom stereocenters. The number of thiophene rings is 1. The van der Waals surface area contributed by atoms with E-state index in [4.69, 9.17) is 4.42 Å². The molecule has 1 nitrogen and oxygen atoms in total. The van der Waals surface area contributed by atoms with Gasteiger partial charge in [0.2, 0.25) is 0 Å². The van der Waals surface area contributed by atoms with Gasteiger partial charge in [-0.1, -0.05) is 231 Å². The Kier molecular flexibility index (Phi) is 21.2. The third-order valence-electron chi connectivity index (χ3n) is 13.8. The number of hydrogen-bond donors (Lipinski definition) is 0. The van der Waals surface area contributed by atoms with Crippen LogP contribution in [-0.4, -0.2) is 0 Å². The van der Waals surface area contributed by atoms with Crippen molar-refractivity contribution in [1.29, 1.82) is 0 Å². The molecule has 0 aliphatic carbocycles. The summed E-state index contributed by atoms with van der Waals surface area (Å²) in [5.74, 6) is 0. The summed E-state index contributed by atoms with van der Waals surface area (Å²) in [7, 11) is 0. The topological polar surface area (TPSA) is 13.1 Å². The van der Waals surface area contributed by atoms with E-state index in [1.807, 2.05) is 11.3 Å². The van der Waals surface area contributed by atoms with E-state index >= 15 is 0 Å². The molecule has 2 heterocycles. The van der Waals surface area contributed by atoms with E-state index in [0.717, 1.165) is 11.2 Å². The minimum Gasteiger partial charge on any atom is -0.455 e. The van der Waals surface area contributed by atoms with Gasteiger partial charge in [-0.15, -0.1) is 11.3 Å². The van der Waals surface area contributed by atoms with Gasteiger partial charge in [0.1, 0.15) is 11.2 Å². The molecule has 0 radical (unpaired) electrons. The van der Waals surface area contributed by atoms with Gasteiger partial charge >= 0.3 is 0 Å². The lowest BCUT2D eigenvalue weighted by molar-refractivity contribution is 0.529. The van der Waals surface area contributed by atoms with E-state index in [0.29, 0.717) is 0 Å². The van der Waals surface area contributed by atoms with Crippen LogP contribution in [0.4, 0.5) is 0 Å². The van der Waals surface area contributed by atoms with Gasteiger partial charge in [-0.25, -0.2) is 0 Å². The van der Waals surface area contributed by atoms with E-state index in [-0.39, 0.29) is 0 Å². The number of hydrogen-bond acceptors (Lipinski definition) is 2. The van der Waals surface area contributed by atoms with Crippen LogP contribution >= 0.6 is 11.3 Å². The van der Waals surface area contributed by atoms with Crippen LogP contribution in [0, 0.1) is 0 Å². The fraction of sp³-hybridized carbons (Fsp3) is 0.621. The average Bonchev–Trinajstić information content (AvgIpc) is 3.84. The smallest absolute Gasteiger partial charge is 0.143 e. The first kappa shape index (κ1) is 46.7. The molecule has 2 aromatic heterocycles. The molecule has 0 bridgehead atoms. The van der Waals surface area contributed by atoms with Crippen LogP contribution in [0.3, 0.4) is 0 Å². The van der Waals surface area contributed by atoms with Crippen LogP contribution in [0.25, 0.3) is 52.9 Å². The van der Waals surface area contributed by atoms with E-state index in [1.54, 1.807) is 0 Å². The maximum Gasteiger partial charge on any atom is 0.143 e. The van der Waals surface area contributed by atoms with Crippen LogP contribution in [0.1, 0.15) is 230 Å². The molecule has 6 aromatic rings. The highest BCUT2D eigenvalue weighted by molar-refractivity contribution is 7.26. The summed E-state index contributed by atoms with van der Waals surface area (Å²) in [6, 6.07) is 23.6. The molecule has 0 amide bonds. The monoisotopic (exact) mass is 829 g/mol. The van der Waals surface area contributed by atoms with Crippen LogP contribution in [0.2, 0.25) is 0 Å². The molecule has 4 aromatic carbocycles. The standard InChI is InChI=1S/C58H84OS/c1-3-5-7-9-11-13-15-17-19-21-23-25-27-29-31-33-35-47-37-43-55-53(45-47)50-40-41-51-49(57(50)59-55)39-42-52-54-46-48(38-44-56(54)60-58(51)52)36-34-32-30-28-26-24-22-20-18-16-14-12-10-8-6-4-2/h37-46H,3-36H2,1-2H3. The highest BCUT2D eigenvalue weighted by Gasteiger charge is 2.15. The van der Waals surface area contributed by atoms with Crippen LogP contribution in [-0.2, 0) is 12.8 Å². The van der Waals surface area contributed by atoms with Crippen molar-refractivity contribution in [1.82, 2.24) is 0 Å². The van der Waals surface area contributed by atoms with Crippen molar-refractivity contribution < 1.29 is 4.42 Å². The largest absolute Gasteiger partial charge is 0.455 e. The molecule has 60 heavy (non-hydrogen) atoms. The SMILES string of the molecule is CCCCCCCCCCCCCCCCCCc1ccc2oc3c(ccc4c3ccc3c5cc(CCCCCCCCCCCCCCCCCC)ccc5sc34)c2c1. The van der Waals surface area contributed by atoms with Crippen molar-refractivity contribution >= 4 is 64.2 Å². The minimum atomic E-state index is 1.02. The summed E-state index contributed by atoms with van der Waals surface area (Å²) in [6.45, 7) is 4.61. The first-order chi connectivity index (χ1) is 29.8. The maximum atomic E-state index is 6.62. The van der Waals surface area contributed by atoms with Crippen molar-refractivity contribution in [2.75, 3.05) is 0 Å². The van der Waals surface area contributed by atoms with E-state index in [9.17, 15) is 0 Å². The van der Waals surface area contributed by atoms with Crippen LogP contribution < -0.4 is 0 Å². The third kappa shape index (κ3) is 14.6. The fourth-order valence-electron chi connectivity index (χ4n) is 10.0. The van der Waals surface area contributed by atoms with Gasteiger partial charge in [0.05, 0.1) is 0 Å². The van der Waals surface area contributed by atoms with Crippen molar-refractivity contribution in [3.05, 3.63) is 71.8 Å². The molecule has 0 fully saturated rings. The second-order valence-electron chi connectivity index (χ2n) is 19.0. The van der Waals surface area contributed by atoms with Crippen molar-refractivity contribution in [2.45, 2.75) is 232 Å². The Balaban J connectivity index is 0.898. The predicted octanol–water partition coefficient (Wildman–Crippen LogP) is 20.7. The Hall–Kier alpha value is -2.84. The Labute approximate surface area is 370 Å². The maximum absolute atomic E-state index is 6.62. The van der Waals surface area contributed by atoms with E-state index in [1.165, 1.54) is 271 Å². The Bertz CT molecular complexity index is 1930. The zero-order valence-corrected chi connectivity index (χ0v) is 39.4. The lowest BCUT2D eigenvalue weighted by Gasteiger charge is -2.05. The lowest BCUT2D eigenvalue weighted by atomic mass is 10.00. The van der Waals surface area contributed by atoms with E-state index < -0.39 is 0 Å². The molecule has 2 heteroatoms. The molecule has 0 N–H and O–H groups in total. The number of furan rings is 1. The van der Waals surface area contributed by atoms with Gasteiger partial charge in [-0.3, -0.25) is 0 Å². The summed E-state index contributed by atoms with van der Waals surface area (Å²) in [6.07, 6.45) is 47.8. The zero-order chi connectivity index (χ0) is 41.5. The number of rotatable bonds is 34. The first-order valence-corrected chi connectivity index (χ1v) is 26.8. The Morgan fingerprint density at radius 3 is 1.13 bits per heavy atom. The van der Waals surface area contributed by atoms with Gasteiger partial charge in [-0.05, 0) is 73.2 Å². The molecule has 0 saturated heterocycles. The van der Waals surface area contributed by atoms with Crippen molar-refractivity contribution in [3.63, 3.8) is 0 Å². The molecular formula is C58H84OS. The molecule has 328 valence electrons. The average molecular weight is 829 g/mol. The van der Waals surface area contributed by atoms with Gasteiger partial charge in [-0.2, -0.15) is 0 Å². The summed E-state index contributed by atoms with van der Waals surface area (Å²) < 4.78 is 9.42. The van der Waals surface area contributed by atoms with Gasteiger partial charge < -0.3 is 4.42 Å². The zero-order valence-electron chi connectivity index (χ0n) is 38.6. The molecular weight excluding hydrogens is 745 g/mol. The van der Waals surface area contributed by atoms with Gasteiger partial charge in [0.25, 0.3) is 0 Å². The minimum absolute atomic E-state index is 1.02. The highest BCUT2D eigenvalue weighted by atomic mass is 32.1. The van der Waals surface area contributed by atoms with Crippen LogP contribution in [0.15, 0.2) is 65.1 Å². The normalized spacial score (nSPS) is 12.1. The van der Waals surface area contributed by atoms with E-state index in [2.05, 4.69) is 74.5 Å². The number of fused-ring (bicyclic) bond motifs is 9. The molecule has 6 rings (SSSR count). The molecule has 0 saturated carbocycles. The molecule has 0 aliphatic heterocycles. The van der Waals surface area contributed by atoms with Crippen LogP contribution in [0.5, 0.6) is 0 Å². The molecule has 0 aliphatic rings. The quantitative estimate of drug-likeness (QED) is 0.0369. The summed E-state index contributed by atoms with van der Waals surface area (Å²) in [5, 5.41) is 7.93. The Morgan fingerprint density at radius 2 is 0.683 bits per heavy atom. The predicted molar refractivity (Wildman–Crippen MR) is 271 cm³/mol. The highest BCUT2D eigenvalue weighted by Crippen LogP contribution is 2.42. The second kappa shape index (κ2) is 27.3. The van der Waals surface area contributed by atoms with Gasteiger partial charge in [0, 0.05) is 41.7 Å². The van der Waals surface area contributed by atoms with Crippen molar-refractivity contribution in [2.24, 2.45) is 0 Å².